The molecule has 2 aromatic carbocycles. The van der Waals surface area contributed by atoms with Crippen LogP contribution in [0.25, 0.3) is 6.08 Å². The van der Waals surface area contributed by atoms with Gasteiger partial charge in [0, 0.05) is 0 Å². The van der Waals surface area contributed by atoms with Crippen LogP contribution >= 0.6 is 0 Å². The van der Waals surface area contributed by atoms with E-state index in [2.05, 4.69) is 49.4 Å². The van der Waals surface area contributed by atoms with Crippen LogP contribution in [0.15, 0.2) is 54.1 Å². The maximum atomic E-state index is 5.25. The molecule has 0 aliphatic heterocycles. The summed E-state index contributed by atoms with van der Waals surface area (Å²) in [5.74, 6) is 1.84. The van der Waals surface area contributed by atoms with Gasteiger partial charge >= 0.3 is 158 Å². The average molecular weight is 403 g/mol. The predicted octanol–water partition coefficient (Wildman–Crippen LogP) is 5.12. The molecule has 0 unspecified atom stereocenters. The molecule has 0 bridgehead atoms. The van der Waals surface area contributed by atoms with E-state index in [0.717, 1.165) is 16.8 Å². The van der Waals surface area contributed by atoms with Gasteiger partial charge in [-0.1, -0.05) is 0 Å². The monoisotopic (exact) mass is 404 g/mol. The molecule has 134 valence electrons. The van der Waals surface area contributed by atoms with Crippen LogP contribution in [0, 0.1) is 0 Å². The summed E-state index contributed by atoms with van der Waals surface area (Å²) in [6.07, 6.45) is 7.39. The molecule has 3 heteroatoms. The van der Waals surface area contributed by atoms with E-state index in [9.17, 15) is 0 Å². The first kappa shape index (κ1) is 19.6. The summed E-state index contributed by atoms with van der Waals surface area (Å²) in [5, 5.41) is 1.16. The second kappa shape index (κ2) is 11.0. The van der Waals surface area contributed by atoms with Crippen LogP contribution in [0.3, 0.4) is 0 Å². The summed E-state index contributed by atoms with van der Waals surface area (Å²) >= 11 is 0.455. The fraction of sp³-hybridized carbons (Fsp3) is 0.364. The van der Waals surface area contributed by atoms with Crippen molar-refractivity contribution in [1.29, 1.82) is 0 Å². The Morgan fingerprint density at radius 3 is 2.04 bits per heavy atom. The van der Waals surface area contributed by atoms with Gasteiger partial charge in [0.25, 0.3) is 0 Å². The first-order valence-corrected chi connectivity index (χ1v) is 10.9. The summed E-state index contributed by atoms with van der Waals surface area (Å²) in [5.41, 5.74) is 2.81. The fourth-order valence-corrected chi connectivity index (χ4v) is 4.48. The van der Waals surface area contributed by atoms with Gasteiger partial charge in [0.1, 0.15) is 0 Å². The Bertz CT molecular complexity index is 645. The van der Waals surface area contributed by atoms with Gasteiger partial charge < -0.3 is 0 Å². The van der Waals surface area contributed by atoms with Gasteiger partial charge in [-0.25, -0.2) is 0 Å². The van der Waals surface area contributed by atoms with Crippen molar-refractivity contribution >= 4 is 25.5 Å². The summed E-state index contributed by atoms with van der Waals surface area (Å²) < 4.78 is 11.9. The van der Waals surface area contributed by atoms with Crippen molar-refractivity contribution < 1.29 is 9.47 Å². The summed E-state index contributed by atoms with van der Waals surface area (Å²) in [6, 6.07) is 16.8. The Hall–Kier alpha value is -1.70. The third-order valence-corrected chi connectivity index (χ3v) is 6.42. The van der Waals surface area contributed by atoms with E-state index in [0.29, 0.717) is 15.0 Å². The molecule has 0 atom stereocenters. The first-order chi connectivity index (χ1) is 12.2. The van der Waals surface area contributed by atoms with Crippen LogP contribution in [0.1, 0.15) is 38.2 Å². The zero-order chi connectivity index (χ0) is 17.9. The second-order valence-corrected chi connectivity index (χ2v) is 8.20. The fourth-order valence-electron chi connectivity index (χ4n) is 2.57. The molecule has 0 aliphatic rings. The summed E-state index contributed by atoms with van der Waals surface area (Å²) in [7, 11) is 3.42. The van der Waals surface area contributed by atoms with E-state index in [-0.39, 0.29) is 0 Å². The third kappa shape index (κ3) is 6.97. The van der Waals surface area contributed by atoms with E-state index < -0.39 is 0 Å². The quantitative estimate of drug-likeness (QED) is 0.405. The SMILES string of the molecule is CCCCC/C(=C/c1ccc(OC)cc1)C[Se]c1ccc(OC)cc1. The van der Waals surface area contributed by atoms with Crippen molar-refractivity contribution in [3.8, 4) is 11.5 Å². The number of methoxy groups -OCH3 is 2. The Labute approximate surface area is 158 Å². The van der Waals surface area contributed by atoms with Crippen LogP contribution in [0.5, 0.6) is 11.5 Å². The van der Waals surface area contributed by atoms with Crippen molar-refractivity contribution in [2.75, 3.05) is 14.2 Å². The van der Waals surface area contributed by atoms with Gasteiger partial charge in [-0.05, 0) is 0 Å². The molecule has 2 nitrogen and oxygen atoms in total. The summed E-state index contributed by atoms with van der Waals surface area (Å²) in [6.45, 7) is 2.26. The van der Waals surface area contributed by atoms with Crippen molar-refractivity contribution in [1.82, 2.24) is 0 Å². The average Bonchev–Trinajstić information content (AvgIpc) is 2.67. The van der Waals surface area contributed by atoms with Crippen LogP contribution in [0.2, 0.25) is 5.32 Å². The molecular formula is C22H28O2Se. The van der Waals surface area contributed by atoms with Gasteiger partial charge in [0.05, 0.1) is 0 Å². The molecule has 25 heavy (non-hydrogen) atoms. The first-order valence-electron chi connectivity index (χ1n) is 8.85. The summed E-state index contributed by atoms with van der Waals surface area (Å²) in [4.78, 5) is 0. The number of hydrogen-bond donors (Lipinski definition) is 0. The molecule has 0 heterocycles. The number of hydrogen-bond acceptors (Lipinski definition) is 2. The van der Waals surface area contributed by atoms with E-state index in [1.54, 1.807) is 19.8 Å². The Morgan fingerprint density at radius 2 is 1.48 bits per heavy atom. The zero-order valence-corrected chi connectivity index (χ0v) is 17.2. The molecule has 0 fully saturated rings. The molecule has 0 spiro atoms. The van der Waals surface area contributed by atoms with E-state index in [4.69, 9.17) is 9.47 Å². The number of unbranched alkanes of at least 4 members (excludes halogenated alkanes) is 2. The maximum absolute atomic E-state index is 5.25. The molecule has 2 aromatic rings. The Balaban J connectivity index is 2.03. The van der Waals surface area contributed by atoms with Crippen molar-refractivity contribution in [3.05, 3.63) is 59.7 Å². The molecular weight excluding hydrogens is 375 g/mol. The standard InChI is InChI=1S/C22H28O2Se/c1-4-5-6-7-19(16-18-8-10-20(23-2)11-9-18)17-25-22-14-12-21(24-3)13-15-22/h8-16H,4-7,17H2,1-3H3/b19-16-. The molecule has 0 aliphatic carbocycles. The minimum absolute atomic E-state index is 0.455. The normalized spacial score (nSPS) is 11.4. The van der Waals surface area contributed by atoms with Crippen LogP contribution in [-0.2, 0) is 0 Å². The van der Waals surface area contributed by atoms with E-state index >= 15 is 0 Å². The molecule has 0 radical (unpaired) electrons. The Morgan fingerprint density at radius 1 is 0.880 bits per heavy atom. The number of allylic oxidation sites excluding steroid dienone is 1. The van der Waals surface area contributed by atoms with Crippen molar-refractivity contribution in [3.63, 3.8) is 0 Å². The van der Waals surface area contributed by atoms with Crippen LogP contribution in [0.4, 0.5) is 0 Å². The van der Waals surface area contributed by atoms with Gasteiger partial charge in [0.2, 0.25) is 0 Å². The van der Waals surface area contributed by atoms with Gasteiger partial charge in [-0.15, -0.1) is 0 Å². The third-order valence-electron chi connectivity index (χ3n) is 4.07. The molecule has 0 N–H and O–H groups in total. The Kier molecular flexibility index (Phi) is 8.65. The number of benzene rings is 2. The zero-order valence-electron chi connectivity index (χ0n) is 15.5. The second-order valence-electron chi connectivity index (χ2n) is 6.00. The van der Waals surface area contributed by atoms with Gasteiger partial charge in [-0.2, -0.15) is 0 Å². The molecule has 2 rings (SSSR count). The van der Waals surface area contributed by atoms with Crippen molar-refractivity contribution in [2.45, 2.75) is 37.9 Å². The van der Waals surface area contributed by atoms with Crippen LogP contribution < -0.4 is 13.9 Å². The topological polar surface area (TPSA) is 18.5 Å². The van der Waals surface area contributed by atoms with Crippen molar-refractivity contribution in [2.24, 2.45) is 0 Å². The predicted molar refractivity (Wildman–Crippen MR) is 108 cm³/mol. The minimum atomic E-state index is 0.455. The molecule has 0 aromatic heterocycles. The number of ether oxygens (including phenoxy) is 2. The number of rotatable bonds is 10. The van der Waals surface area contributed by atoms with E-state index in [1.165, 1.54) is 35.7 Å². The van der Waals surface area contributed by atoms with Crippen LogP contribution in [-0.4, -0.2) is 29.2 Å². The molecule has 0 amide bonds. The molecule has 0 saturated heterocycles. The van der Waals surface area contributed by atoms with Gasteiger partial charge in [0.15, 0.2) is 0 Å². The van der Waals surface area contributed by atoms with E-state index in [1.807, 2.05) is 12.1 Å². The molecule has 0 saturated carbocycles. The van der Waals surface area contributed by atoms with Gasteiger partial charge in [-0.3, -0.25) is 0 Å².